The third-order valence-corrected chi connectivity index (χ3v) is 0. The van der Waals surface area contributed by atoms with E-state index >= 15 is 0 Å². The van der Waals surface area contributed by atoms with Crippen molar-refractivity contribution in [3.05, 3.63) is 0 Å². The molecule has 0 unspecified atom stereocenters. The van der Waals surface area contributed by atoms with Crippen LogP contribution in [0.15, 0.2) is 0 Å². The second kappa shape index (κ2) is 4.47. The van der Waals surface area contributed by atoms with Crippen LogP contribution in [0.1, 0.15) is 8.27 Å². The van der Waals surface area contributed by atoms with E-state index in [2.05, 4.69) is 0 Å². The van der Waals surface area contributed by atoms with Gasteiger partial charge in [-0.2, -0.15) is 0 Å². The molecular formula is C2H3NaO2. The van der Waals surface area contributed by atoms with E-state index in [9.17, 15) is 0 Å². The zero-order chi connectivity index (χ0) is 4.28. The Morgan fingerprint density at radius 3 is 2.40 bits per heavy atom. The molecule has 0 spiro atoms. The Bertz CT molecular complexity index is 46.8. The molecule has 0 rings (SSSR count). The second-order valence-corrected chi connectivity index (χ2v) is 0.372. The molecule has 0 saturated heterocycles. The number of carboxylic acids is 1. The molecule has 0 amide bonds. The van der Waals surface area contributed by atoms with E-state index in [4.69, 9.17) is 11.3 Å². The standard InChI is InChI=1S/C2H4O2.Na/c1-2(3)4;/h1H3,(H,3,4);/q;+1/p-1/i1T;. The van der Waals surface area contributed by atoms with Gasteiger partial charge in [-0.3, -0.25) is 0 Å². The molecule has 0 aliphatic rings. The first-order chi connectivity index (χ1) is 2.27. The van der Waals surface area contributed by atoms with Crippen LogP contribution in [0.5, 0.6) is 0 Å². The number of hydrogen-bond donors (Lipinski definition) is 0. The number of carbonyl (C=O) groups excluding carboxylic acids is 1. The number of hydrogen-bond acceptors (Lipinski definition) is 2. The van der Waals surface area contributed by atoms with Gasteiger partial charge in [0.25, 0.3) is 0 Å². The largest absolute Gasteiger partial charge is 1.00 e. The Morgan fingerprint density at radius 2 is 2.40 bits per heavy atom. The molecule has 5 heavy (non-hydrogen) atoms. The molecule has 0 aliphatic heterocycles. The number of carboxylic acid groups (broad SMARTS) is 1. The summed E-state index contributed by atoms with van der Waals surface area (Å²) >= 11 is 0. The Labute approximate surface area is 53.9 Å². The Hall–Kier alpha value is 0.470. The minimum absolute atomic E-state index is 0. The maximum atomic E-state index is 9.07. The fourth-order valence-electron chi connectivity index (χ4n) is 0. The molecule has 0 N–H and O–H groups in total. The Balaban J connectivity index is 0. The van der Waals surface area contributed by atoms with Crippen molar-refractivity contribution in [2.75, 3.05) is 0 Å². The molecule has 0 aromatic rings. The number of carbonyl (C=O) groups is 1. The van der Waals surface area contributed by atoms with E-state index in [-0.39, 0.29) is 29.6 Å². The number of rotatable bonds is 0. The van der Waals surface area contributed by atoms with E-state index in [1.807, 2.05) is 0 Å². The molecule has 0 aromatic heterocycles. The van der Waals surface area contributed by atoms with Crippen LogP contribution in [0.25, 0.3) is 0 Å². The third kappa shape index (κ3) is 123. The van der Waals surface area contributed by atoms with Gasteiger partial charge >= 0.3 is 29.6 Å². The second-order valence-electron chi connectivity index (χ2n) is 0.372. The summed E-state index contributed by atoms with van der Waals surface area (Å²) in [5.41, 5.74) is 0. The molecule has 0 radical (unpaired) electrons. The first-order valence-electron chi connectivity index (χ1n) is 1.47. The average molecular weight is 84.0 g/mol. The predicted molar refractivity (Wildman–Crippen MR) is 10.7 cm³/mol. The van der Waals surface area contributed by atoms with E-state index in [0.29, 0.717) is 0 Å². The molecule has 3 heteroatoms. The van der Waals surface area contributed by atoms with Gasteiger partial charge in [-0.05, 0) is 6.90 Å². The van der Waals surface area contributed by atoms with Gasteiger partial charge in [-0.15, -0.1) is 0 Å². The minimum atomic E-state index is -1.33. The van der Waals surface area contributed by atoms with Crippen molar-refractivity contribution in [3.63, 3.8) is 0 Å². The summed E-state index contributed by atoms with van der Waals surface area (Å²) in [4.78, 5) is 9.07. The summed E-state index contributed by atoms with van der Waals surface area (Å²) in [6, 6.07) is 0. The quantitative estimate of drug-likeness (QED) is 0.279. The molecule has 0 aliphatic carbocycles. The van der Waals surface area contributed by atoms with Crippen molar-refractivity contribution < 1.29 is 40.8 Å². The topological polar surface area (TPSA) is 40.1 Å². The summed E-state index contributed by atoms with van der Waals surface area (Å²) in [5, 5.41) is 9.07. The van der Waals surface area contributed by atoms with Gasteiger partial charge < -0.3 is 9.90 Å². The minimum Gasteiger partial charge on any atom is -0.550 e. The van der Waals surface area contributed by atoms with Gasteiger partial charge in [0.1, 0.15) is 0 Å². The summed E-state index contributed by atoms with van der Waals surface area (Å²) < 4.78 is 6.00. The van der Waals surface area contributed by atoms with E-state index in [1.54, 1.807) is 0 Å². The van der Waals surface area contributed by atoms with Crippen molar-refractivity contribution in [2.45, 2.75) is 6.90 Å². The predicted octanol–water partition coefficient (Wildman–Crippen LogP) is -4.24. The van der Waals surface area contributed by atoms with Crippen LogP contribution in [0.4, 0.5) is 0 Å². The molecule has 0 atom stereocenters. The van der Waals surface area contributed by atoms with E-state index < -0.39 is 12.9 Å². The third-order valence-electron chi connectivity index (χ3n) is 0. The monoisotopic (exact) mass is 84.0 g/mol. The smallest absolute Gasteiger partial charge is 0.550 e. The van der Waals surface area contributed by atoms with E-state index in [0.717, 1.165) is 0 Å². The molecule has 0 saturated carbocycles. The van der Waals surface area contributed by atoms with Crippen LogP contribution in [0.2, 0.25) is 0 Å². The fourth-order valence-corrected chi connectivity index (χ4v) is 0. The Kier molecular flexibility index (Phi) is 4.89. The molecule has 0 aromatic carbocycles. The molecule has 2 nitrogen and oxygen atoms in total. The summed E-state index contributed by atoms with van der Waals surface area (Å²) in [5.74, 6) is -1.33. The van der Waals surface area contributed by atoms with Crippen LogP contribution < -0.4 is 34.7 Å². The van der Waals surface area contributed by atoms with Crippen LogP contribution in [-0.2, 0) is 4.79 Å². The van der Waals surface area contributed by atoms with Gasteiger partial charge in [0.15, 0.2) is 0 Å². The van der Waals surface area contributed by atoms with Crippen molar-refractivity contribution in [3.8, 4) is 0 Å². The summed E-state index contributed by atoms with van der Waals surface area (Å²) in [6.07, 6.45) is 0. The number of aliphatic carboxylic acids is 1. The SMILES string of the molecule is [3H]CC(=O)[O-].[Na+]. The van der Waals surface area contributed by atoms with Crippen LogP contribution in [0.3, 0.4) is 0 Å². The molecule has 0 heterocycles. The van der Waals surface area contributed by atoms with Crippen molar-refractivity contribution in [1.82, 2.24) is 0 Å². The van der Waals surface area contributed by atoms with E-state index in [1.165, 1.54) is 0 Å². The van der Waals surface area contributed by atoms with Gasteiger partial charge in [-0.25, -0.2) is 0 Å². The van der Waals surface area contributed by atoms with Gasteiger partial charge in [-0.1, -0.05) is 0 Å². The van der Waals surface area contributed by atoms with Gasteiger partial charge in [0.2, 0.25) is 0 Å². The molecular weight excluding hydrogens is 79.0 g/mol. The summed E-state index contributed by atoms with van der Waals surface area (Å²) in [7, 11) is 0. The van der Waals surface area contributed by atoms with Crippen molar-refractivity contribution in [2.24, 2.45) is 0 Å². The van der Waals surface area contributed by atoms with Crippen LogP contribution >= 0.6 is 0 Å². The normalized spacial score (nSPS) is 7.60. The Morgan fingerprint density at radius 1 is 2.20 bits per heavy atom. The van der Waals surface area contributed by atoms with Crippen molar-refractivity contribution in [1.29, 1.82) is 0 Å². The maximum absolute atomic E-state index is 9.07. The maximum Gasteiger partial charge on any atom is 1.00 e. The summed E-state index contributed by atoms with van der Waals surface area (Å²) in [6.45, 7) is -0.639. The van der Waals surface area contributed by atoms with Crippen LogP contribution in [0, 0.1) is 0 Å². The van der Waals surface area contributed by atoms with Gasteiger partial charge in [0.05, 0.1) is 0 Å². The zero-order valence-electron chi connectivity index (χ0n) is 4.02. The fraction of sp³-hybridized carbons (Fsp3) is 0.500. The molecule has 0 fully saturated rings. The molecule has 24 valence electrons. The first kappa shape index (κ1) is 5.47. The average Bonchev–Trinajstić information content (AvgIpc) is 1.38. The van der Waals surface area contributed by atoms with Crippen molar-refractivity contribution >= 4 is 5.97 Å². The zero-order valence-corrected chi connectivity index (χ0v) is 5.02. The first-order valence-corrected chi connectivity index (χ1v) is 0.762. The van der Waals surface area contributed by atoms with Gasteiger partial charge in [0, 0.05) is 7.34 Å². The van der Waals surface area contributed by atoms with Crippen LogP contribution in [-0.4, -0.2) is 5.97 Å². The molecule has 0 bridgehead atoms.